The van der Waals surface area contributed by atoms with Crippen LogP contribution in [0.15, 0.2) is 18.2 Å². The Balaban J connectivity index is 0.00000108. The van der Waals surface area contributed by atoms with Gasteiger partial charge in [-0.15, -0.1) is 12.4 Å². The maximum atomic E-state index is 9.77. The van der Waals surface area contributed by atoms with Crippen LogP contribution in [0.1, 0.15) is 24.3 Å². The summed E-state index contributed by atoms with van der Waals surface area (Å²) in [5.41, 5.74) is 1.18. The normalized spacial score (nSPS) is 27.4. The Bertz CT molecular complexity index is 410. The fraction of sp³-hybridized carbons (Fsp3) is 0.538. The molecule has 0 radical (unpaired) electrons. The molecule has 1 aromatic rings. The van der Waals surface area contributed by atoms with Gasteiger partial charge < -0.3 is 9.84 Å². The van der Waals surface area contributed by atoms with Crippen molar-refractivity contribution in [2.75, 3.05) is 20.2 Å². The summed E-state index contributed by atoms with van der Waals surface area (Å²) >= 11 is 0. The Morgan fingerprint density at radius 3 is 3.06 bits per heavy atom. The predicted molar refractivity (Wildman–Crippen MR) is 69.2 cm³/mol. The zero-order valence-electron chi connectivity index (χ0n) is 9.93. The second-order valence-electron chi connectivity index (χ2n) is 4.80. The van der Waals surface area contributed by atoms with Gasteiger partial charge in [0, 0.05) is 11.5 Å². The van der Waals surface area contributed by atoms with Crippen LogP contribution in [-0.2, 0) is 0 Å². The molecule has 2 aliphatic heterocycles. The van der Waals surface area contributed by atoms with Gasteiger partial charge in [0.25, 0.3) is 0 Å². The van der Waals surface area contributed by atoms with Crippen LogP contribution in [0.5, 0.6) is 11.5 Å². The van der Waals surface area contributed by atoms with Gasteiger partial charge in [-0.25, -0.2) is 0 Å². The Labute approximate surface area is 108 Å². The van der Waals surface area contributed by atoms with Crippen molar-refractivity contribution < 1.29 is 9.84 Å². The molecule has 2 atom stereocenters. The lowest BCUT2D eigenvalue weighted by atomic mass is 9.82. The molecule has 1 aromatic carbocycles. The van der Waals surface area contributed by atoms with Crippen LogP contribution >= 0.6 is 12.4 Å². The first-order chi connectivity index (χ1) is 7.77. The third-order valence-corrected chi connectivity index (χ3v) is 3.88. The minimum atomic E-state index is 0. The maximum absolute atomic E-state index is 9.77. The van der Waals surface area contributed by atoms with Crippen LogP contribution in [0, 0.1) is 0 Å². The number of hydrogen-bond acceptors (Lipinski definition) is 3. The Morgan fingerprint density at radius 2 is 2.24 bits per heavy atom. The van der Waals surface area contributed by atoms with Gasteiger partial charge in [0.2, 0.25) is 0 Å². The van der Waals surface area contributed by atoms with Crippen molar-refractivity contribution in [1.82, 2.24) is 4.90 Å². The third kappa shape index (κ3) is 1.98. The van der Waals surface area contributed by atoms with Gasteiger partial charge in [-0.2, -0.15) is 0 Å². The standard InChI is InChI=1S/C13H17NO2.ClH/c1-14-7-3-5-9-10-4-2-6-12(15)13(10)16-8-11(9)14;/h2,4,6,9,11,15H,3,5,7-8H2,1H3;1H/t9-,11+;/m0./s1. The molecule has 1 fully saturated rings. The van der Waals surface area contributed by atoms with Crippen LogP contribution in [0.3, 0.4) is 0 Å². The molecule has 0 saturated carbocycles. The number of rotatable bonds is 0. The lowest BCUT2D eigenvalue weighted by Gasteiger charge is -2.42. The van der Waals surface area contributed by atoms with Crippen molar-refractivity contribution in [2.24, 2.45) is 0 Å². The van der Waals surface area contributed by atoms with Crippen LogP contribution in [0.2, 0.25) is 0 Å². The average molecular weight is 256 g/mol. The third-order valence-electron chi connectivity index (χ3n) is 3.88. The molecule has 2 heterocycles. The van der Waals surface area contributed by atoms with Crippen molar-refractivity contribution in [1.29, 1.82) is 0 Å². The quantitative estimate of drug-likeness (QED) is 0.773. The van der Waals surface area contributed by atoms with Crippen LogP contribution in [-0.4, -0.2) is 36.2 Å². The molecule has 17 heavy (non-hydrogen) atoms. The van der Waals surface area contributed by atoms with Crippen LogP contribution in [0.25, 0.3) is 0 Å². The smallest absolute Gasteiger partial charge is 0.164 e. The summed E-state index contributed by atoms with van der Waals surface area (Å²) in [5, 5.41) is 9.77. The van der Waals surface area contributed by atoms with Crippen molar-refractivity contribution in [2.45, 2.75) is 24.8 Å². The molecule has 94 valence electrons. The van der Waals surface area contributed by atoms with E-state index in [0.29, 0.717) is 24.3 Å². The molecular weight excluding hydrogens is 238 g/mol. The average Bonchev–Trinajstić information content (AvgIpc) is 2.30. The lowest BCUT2D eigenvalue weighted by Crippen LogP contribution is -2.47. The highest BCUT2D eigenvalue weighted by molar-refractivity contribution is 5.85. The Kier molecular flexibility index (Phi) is 3.50. The van der Waals surface area contributed by atoms with E-state index >= 15 is 0 Å². The van der Waals surface area contributed by atoms with Crippen molar-refractivity contribution in [3.05, 3.63) is 23.8 Å². The monoisotopic (exact) mass is 255 g/mol. The predicted octanol–water partition coefficient (Wildman–Crippen LogP) is 2.38. The number of piperidine rings is 1. The van der Waals surface area contributed by atoms with Gasteiger partial charge >= 0.3 is 0 Å². The number of likely N-dealkylation sites (tertiary alicyclic amines) is 1. The van der Waals surface area contributed by atoms with Crippen LogP contribution < -0.4 is 4.74 Å². The first-order valence-electron chi connectivity index (χ1n) is 5.92. The summed E-state index contributed by atoms with van der Waals surface area (Å²) in [6, 6.07) is 6.17. The second kappa shape index (κ2) is 4.75. The number of phenols is 1. The highest BCUT2D eigenvalue weighted by Crippen LogP contribution is 2.44. The number of phenolic OH excluding ortho intramolecular Hbond substituents is 1. The summed E-state index contributed by atoms with van der Waals surface area (Å²) in [5.74, 6) is 1.51. The number of aromatic hydroxyl groups is 1. The molecule has 1 saturated heterocycles. The number of likely N-dealkylation sites (N-methyl/N-ethyl adjacent to an activating group) is 1. The van der Waals surface area contributed by atoms with Gasteiger partial charge in [-0.3, -0.25) is 4.90 Å². The molecule has 0 aromatic heterocycles. The fourth-order valence-corrected chi connectivity index (χ4v) is 2.99. The number of halogens is 1. The van der Waals surface area contributed by atoms with E-state index in [1.807, 2.05) is 6.07 Å². The largest absolute Gasteiger partial charge is 0.504 e. The maximum Gasteiger partial charge on any atom is 0.164 e. The first kappa shape index (κ1) is 12.5. The summed E-state index contributed by atoms with van der Waals surface area (Å²) in [6.07, 6.45) is 2.43. The summed E-state index contributed by atoms with van der Waals surface area (Å²) < 4.78 is 5.70. The number of hydrogen-bond donors (Lipinski definition) is 1. The number of nitrogens with zero attached hydrogens (tertiary/aromatic N) is 1. The van der Waals surface area contributed by atoms with Gasteiger partial charge in [-0.1, -0.05) is 12.1 Å². The SMILES string of the molecule is CN1CCC[C@H]2c3cccc(O)c3OC[C@H]21.Cl. The minimum Gasteiger partial charge on any atom is -0.504 e. The van der Waals surface area contributed by atoms with Gasteiger partial charge in [0.1, 0.15) is 6.61 Å². The molecular formula is C13H18ClNO2. The number of para-hydroxylation sites is 1. The number of benzene rings is 1. The number of fused-ring (bicyclic) bond motifs is 3. The van der Waals surface area contributed by atoms with Gasteiger partial charge in [0.05, 0.1) is 6.04 Å². The Morgan fingerprint density at radius 1 is 1.41 bits per heavy atom. The van der Waals surface area contributed by atoms with Gasteiger partial charge in [-0.05, 0) is 32.5 Å². The fourth-order valence-electron chi connectivity index (χ4n) is 2.99. The van der Waals surface area contributed by atoms with E-state index in [-0.39, 0.29) is 18.2 Å². The molecule has 3 rings (SSSR count). The molecule has 0 unspecified atom stereocenters. The van der Waals surface area contributed by atoms with E-state index in [2.05, 4.69) is 18.0 Å². The zero-order valence-corrected chi connectivity index (χ0v) is 10.7. The van der Waals surface area contributed by atoms with E-state index in [0.717, 1.165) is 6.54 Å². The van der Waals surface area contributed by atoms with Crippen molar-refractivity contribution in [3.63, 3.8) is 0 Å². The molecule has 0 bridgehead atoms. The molecule has 0 aliphatic carbocycles. The Hall–Kier alpha value is -0.930. The summed E-state index contributed by atoms with van der Waals surface area (Å²) in [4.78, 5) is 2.38. The second-order valence-corrected chi connectivity index (χ2v) is 4.80. The summed E-state index contributed by atoms with van der Waals surface area (Å²) in [6.45, 7) is 1.85. The molecule has 0 spiro atoms. The molecule has 2 aliphatic rings. The molecule has 0 amide bonds. The topological polar surface area (TPSA) is 32.7 Å². The van der Waals surface area contributed by atoms with E-state index in [9.17, 15) is 5.11 Å². The molecule has 4 heteroatoms. The number of ether oxygens (including phenoxy) is 1. The molecule has 1 N–H and O–H groups in total. The minimum absolute atomic E-state index is 0. The van der Waals surface area contributed by atoms with E-state index < -0.39 is 0 Å². The first-order valence-corrected chi connectivity index (χ1v) is 5.92. The van der Waals surface area contributed by atoms with E-state index in [1.165, 1.54) is 18.4 Å². The zero-order chi connectivity index (χ0) is 11.1. The highest BCUT2D eigenvalue weighted by Gasteiger charge is 2.36. The van der Waals surface area contributed by atoms with E-state index in [4.69, 9.17) is 4.74 Å². The van der Waals surface area contributed by atoms with Crippen molar-refractivity contribution >= 4 is 12.4 Å². The highest BCUT2D eigenvalue weighted by atomic mass is 35.5. The molecule has 3 nitrogen and oxygen atoms in total. The van der Waals surface area contributed by atoms with Gasteiger partial charge in [0.15, 0.2) is 11.5 Å². The lowest BCUT2D eigenvalue weighted by molar-refractivity contribution is 0.0849. The van der Waals surface area contributed by atoms with Crippen molar-refractivity contribution in [3.8, 4) is 11.5 Å². The van der Waals surface area contributed by atoms with E-state index in [1.54, 1.807) is 6.07 Å². The summed E-state index contributed by atoms with van der Waals surface area (Å²) in [7, 11) is 2.16. The van der Waals surface area contributed by atoms with Crippen LogP contribution in [0.4, 0.5) is 0 Å².